The van der Waals surface area contributed by atoms with Gasteiger partial charge in [-0.25, -0.2) is 27.6 Å². The lowest BCUT2D eigenvalue weighted by atomic mass is 10.0. The first-order valence-corrected chi connectivity index (χ1v) is 12.4. The second-order valence-electron chi connectivity index (χ2n) is 7.56. The minimum atomic E-state index is -3.98. The van der Waals surface area contributed by atoms with Gasteiger partial charge in [0.1, 0.15) is 5.69 Å². The predicted octanol–water partition coefficient (Wildman–Crippen LogP) is 3.91. The van der Waals surface area contributed by atoms with Gasteiger partial charge < -0.3 is 15.4 Å². The summed E-state index contributed by atoms with van der Waals surface area (Å²) in [7, 11) is -2.78. The molecule has 3 aromatic rings. The van der Waals surface area contributed by atoms with Crippen LogP contribution in [0.3, 0.4) is 0 Å². The molecule has 0 aliphatic carbocycles. The van der Waals surface area contributed by atoms with Crippen LogP contribution in [0.25, 0.3) is 22.5 Å². The third kappa shape index (κ3) is 6.82. The van der Waals surface area contributed by atoms with Crippen LogP contribution in [0, 0.1) is 5.82 Å². The van der Waals surface area contributed by atoms with E-state index in [1.54, 1.807) is 6.92 Å². The van der Waals surface area contributed by atoms with Crippen LogP contribution < -0.4 is 15.4 Å². The second kappa shape index (κ2) is 11.1. The Kier molecular flexibility index (Phi) is 5.78. The molecule has 0 fully saturated rings. The Morgan fingerprint density at radius 1 is 1.36 bits per heavy atom. The third-order valence-electron chi connectivity index (χ3n) is 4.58. The standard InChI is InChI=1S/C22H27ClFN7O4S/c1-12(2)31-11-16(17-6-7-25-21(28-17)26-10-13(3)27-22(32)35-4)20(29-31)15-8-14(23)9-18(19(15)24)30-36(5,33)34/h6-9,11-13,30H,10H2,1-5H3,(H,27,32)(H,25,26,28)/t13-/m0/s1/i1D3,2D3,12D. The molecule has 2 heterocycles. The first-order chi connectivity index (χ1) is 19.7. The van der Waals surface area contributed by atoms with Gasteiger partial charge in [-0.15, -0.1) is 0 Å². The number of aromatic nitrogens is 4. The summed E-state index contributed by atoms with van der Waals surface area (Å²) < 4.78 is 102. The first kappa shape index (κ1) is 18.8. The van der Waals surface area contributed by atoms with Crippen LogP contribution in [0.1, 0.15) is 36.2 Å². The molecule has 194 valence electrons. The number of amides is 1. The Labute approximate surface area is 223 Å². The number of hydrogen-bond acceptors (Lipinski definition) is 8. The number of nitrogens with one attached hydrogen (secondary N) is 3. The summed E-state index contributed by atoms with van der Waals surface area (Å²) in [6.07, 6.45) is 2.32. The molecule has 0 bridgehead atoms. The zero-order valence-electron chi connectivity index (χ0n) is 26.3. The summed E-state index contributed by atoms with van der Waals surface area (Å²) in [4.78, 5) is 19.8. The maximum absolute atomic E-state index is 15.8. The molecule has 0 aliphatic heterocycles. The highest BCUT2D eigenvalue weighted by atomic mass is 35.5. The van der Waals surface area contributed by atoms with Crippen LogP contribution in [-0.2, 0) is 14.8 Å². The number of methoxy groups -OCH3 is 1. The van der Waals surface area contributed by atoms with Crippen molar-refractivity contribution in [3.05, 3.63) is 41.4 Å². The Hall–Kier alpha value is -3.45. The van der Waals surface area contributed by atoms with Gasteiger partial charge in [-0.2, -0.15) is 5.10 Å². The number of alkyl carbamates (subject to hydrolysis) is 1. The summed E-state index contributed by atoms with van der Waals surface area (Å²) in [5.41, 5.74) is -1.56. The van der Waals surface area contributed by atoms with Crippen molar-refractivity contribution in [2.24, 2.45) is 0 Å². The molecular formula is C22H27ClFN7O4S. The van der Waals surface area contributed by atoms with Crippen molar-refractivity contribution >= 4 is 39.4 Å². The zero-order chi connectivity index (χ0) is 32.5. The van der Waals surface area contributed by atoms with Crippen molar-refractivity contribution in [3.63, 3.8) is 0 Å². The highest BCUT2D eigenvalue weighted by Gasteiger charge is 2.22. The number of carbonyl (C=O) groups excluding carboxylic acids is 1. The van der Waals surface area contributed by atoms with E-state index in [0.29, 0.717) is 4.68 Å². The topological polar surface area (TPSA) is 140 Å². The van der Waals surface area contributed by atoms with E-state index in [9.17, 15) is 13.2 Å². The lowest BCUT2D eigenvalue weighted by Crippen LogP contribution is -2.37. The summed E-state index contributed by atoms with van der Waals surface area (Å²) >= 11 is 6.16. The number of hydrogen-bond donors (Lipinski definition) is 3. The SMILES string of the molecule is [2H]C([2H])([2H])C([2H])(n1cc(-c2ccnc(NC[C@H](C)NC(=O)OC)n2)c(-c2cc(Cl)cc(NS(C)(=O)=O)c2F)n1)C([2H])([2H])[2H]. The quantitative estimate of drug-likeness (QED) is 0.367. The summed E-state index contributed by atoms with van der Waals surface area (Å²) in [5.74, 6) is -1.17. The van der Waals surface area contributed by atoms with Crippen LogP contribution in [0.5, 0.6) is 0 Å². The monoisotopic (exact) mass is 546 g/mol. The van der Waals surface area contributed by atoms with Gasteiger partial charge in [-0.05, 0) is 38.8 Å². The number of halogens is 2. The van der Waals surface area contributed by atoms with E-state index in [1.165, 1.54) is 19.4 Å². The number of rotatable bonds is 9. The van der Waals surface area contributed by atoms with Crippen molar-refractivity contribution in [1.82, 2.24) is 25.1 Å². The molecule has 11 nitrogen and oxygen atoms in total. The van der Waals surface area contributed by atoms with E-state index in [1.807, 2.05) is 4.72 Å². The van der Waals surface area contributed by atoms with E-state index in [2.05, 4.69) is 30.4 Å². The van der Waals surface area contributed by atoms with E-state index >= 15 is 4.39 Å². The smallest absolute Gasteiger partial charge is 0.407 e. The van der Waals surface area contributed by atoms with Crippen molar-refractivity contribution in [3.8, 4) is 22.5 Å². The zero-order valence-corrected chi connectivity index (χ0v) is 20.8. The molecule has 1 atom stereocenters. The number of benzene rings is 1. The van der Waals surface area contributed by atoms with Crippen molar-refractivity contribution in [2.75, 3.05) is 29.9 Å². The molecule has 0 radical (unpaired) electrons. The van der Waals surface area contributed by atoms with E-state index in [4.69, 9.17) is 21.2 Å². The molecule has 0 aliphatic rings. The molecule has 2 aromatic heterocycles. The summed E-state index contributed by atoms with van der Waals surface area (Å²) in [6, 6.07) is -0.382. The fraction of sp³-hybridized carbons (Fsp3) is 0.364. The summed E-state index contributed by atoms with van der Waals surface area (Å²) in [6.45, 7) is -5.11. The maximum Gasteiger partial charge on any atom is 0.407 e. The van der Waals surface area contributed by atoms with E-state index < -0.39 is 64.6 Å². The average molecular weight is 547 g/mol. The Morgan fingerprint density at radius 2 is 2.11 bits per heavy atom. The molecule has 0 saturated heterocycles. The molecule has 14 heteroatoms. The fourth-order valence-corrected chi connectivity index (χ4v) is 3.83. The van der Waals surface area contributed by atoms with Crippen molar-refractivity contribution < 1.29 is 31.9 Å². The van der Waals surface area contributed by atoms with Gasteiger partial charge in [0.15, 0.2) is 5.82 Å². The minimum Gasteiger partial charge on any atom is -0.453 e. The van der Waals surface area contributed by atoms with Crippen LogP contribution in [-0.4, -0.2) is 60.2 Å². The van der Waals surface area contributed by atoms with E-state index in [0.717, 1.165) is 24.6 Å². The predicted molar refractivity (Wildman–Crippen MR) is 136 cm³/mol. The number of ether oxygens (including phenoxy) is 1. The average Bonchev–Trinajstić information content (AvgIpc) is 3.32. The van der Waals surface area contributed by atoms with Crippen LogP contribution >= 0.6 is 11.6 Å². The first-order valence-electron chi connectivity index (χ1n) is 13.7. The van der Waals surface area contributed by atoms with Crippen LogP contribution in [0.15, 0.2) is 30.6 Å². The van der Waals surface area contributed by atoms with Gasteiger partial charge in [-0.3, -0.25) is 9.40 Å². The molecule has 0 saturated carbocycles. The number of nitrogens with zero attached hydrogens (tertiary/aromatic N) is 4. The molecule has 1 amide bonds. The van der Waals surface area contributed by atoms with Crippen molar-refractivity contribution in [2.45, 2.75) is 32.7 Å². The highest BCUT2D eigenvalue weighted by molar-refractivity contribution is 7.92. The summed E-state index contributed by atoms with van der Waals surface area (Å²) in [5, 5.41) is 9.30. The lowest BCUT2D eigenvalue weighted by Gasteiger charge is -2.14. The minimum absolute atomic E-state index is 0.00416. The molecule has 1 aromatic carbocycles. The van der Waals surface area contributed by atoms with Crippen LogP contribution in [0.2, 0.25) is 5.02 Å². The molecule has 3 rings (SSSR count). The number of sulfonamides is 1. The van der Waals surface area contributed by atoms with Gasteiger partial charge in [-0.1, -0.05) is 11.6 Å². The molecule has 0 spiro atoms. The maximum atomic E-state index is 15.8. The number of carbonyl (C=O) groups is 1. The van der Waals surface area contributed by atoms with Crippen molar-refractivity contribution in [1.29, 1.82) is 0 Å². The Bertz CT molecular complexity index is 1610. The normalized spacial score (nSPS) is 16.2. The van der Waals surface area contributed by atoms with E-state index in [-0.39, 0.29) is 28.8 Å². The van der Waals surface area contributed by atoms with Gasteiger partial charge in [0.05, 0.1) is 26.1 Å². The highest BCUT2D eigenvalue weighted by Crippen LogP contribution is 2.37. The fourth-order valence-electron chi connectivity index (χ4n) is 3.06. The lowest BCUT2D eigenvalue weighted by molar-refractivity contribution is 0.168. The van der Waals surface area contributed by atoms with Gasteiger partial charge in [0.2, 0.25) is 16.0 Å². The Balaban J connectivity index is 2.25. The van der Waals surface area contributed by atoms with Gasteiger partial charge >= 0.3 is 6.09 Å². The second-order valence-corrected chi connectivity index (χ2v) is 9.74. The van der Waals surface area contributed by atoms with Gasteiger partial charge in [0, 0.05) is 55.4 Å². The number of anilines is 2. The molecule has 0 unspecified atom stereocenters. The third-order valence-corrected chi connectivity index (χ3v) is 5.39. The van der Waals surface area contributed by atoms with Crippen LogP contribution in [0.4, 0.5) is 20.8 Å². The molecule has 3 N–H and O–H groups in total. The molecule has 36 heavy (non-hydrogen) atoms. The largest absolute Gasteiger partial charge is 0.453 e. The Morgan fingerprint density at radius 3 is 2.78 bits per heavy atom. The van der Waals surface area contributed by atoms with Gasteiger partial charge in [0.25, 0.3) is 0 Å². The molecular weight excluding hydrogens is 513 g/mol.